The van der Waals surface area contributed by atoms with Crippen molar-refractivity contribution in [2.24, 2.45) is 0 Å². The smallest absolute Gasteiger partial charge is 0.227 e. The van der Waals surface area contributed by atoms with Crippen LogP contribution in [0.3, 0.4) is 0 Å². The normalized spacial score (nSPS) is 18.2. The standard InChI is InChI=1S/C21H25N7O/c1-2-4-16(5-3-1)19-24-20(26-25-19)17-7-10-27(11-8-17)18-6-9-22-21(23-18)28-12-14-29-15-13-28/h1-6,9,17H,7-8,10-15H2,(H,24,25,26). The van der Waals surface area contributed by atoms with Crippen molar-refractivity contribution in [2.45, 2.75) is 18.8 Å². The van der Waals surface area contributed by atoms with E-state index in [2.05, 4.69) is 25.0 Å². The number of piperidine rings is 1. The van der Waals surface area contributed by atoms with Crippen molar-refractivity contribution < 1.29 is 4.74 Å². The van der Waals surface area contributed by atoms with Gasteiger partial charge in [-0.1, -0.05) is 30.3 Å². The van der Waals surface area contributed by atoms with Crippen LogP contribution in [0.1, 0.15) is 24.6 Å². The lowest BCUT2D eigenvalue weighted by molar-refractivity contribution is 0.122. The molecule has 3 aromatic rings. The molecule has 8 nitrogen and oxygen atoms in total. The molecule has 0 saturated carbocycles. The molecule has 2 fully saturated rings. The summed E-state index contributed by atoms with van der Waals surface area (Å²) in [6.45, 7) is 5.07. The van der Waals surface area contributed by atoms with Crippen LogP contribution in [0.15, 0.2) is 42.6 Å². The fourth-order valence-electron chi connectivity index (χ4n) is 3.99. The van der Waals surface area contributed by atoms with Gasteiger partial charge >= 0.3 is 0 Å². The van der Waals surface area contributed by atoms with E-state index in [1.807, 2.05) is 42.6 Å². The quantitative estimate of drug-likeness (QED) is 0.731. The summed E-state index contributed by atoms with van der Waals surface area (Å²) in [5.74, 6) is 3.96. The minimum absolute atomic E-state index is 0.400. The Kier molecular flexibility index (Phi) is 5.08. The molecule has 0 amide bonds. The second-order valence-electron chi connectivity index (χ2n) is 7.49. The highest BCUT2D eigenvalue weighted by molar-refractivity contribution is 5.54. The zero-order valence-corrected chi connectivity index (χ0v) is 16.4. The highest BCUT2D eigenvalue weighted by atomic mass is 16.5. The molecule has 150 valence electrons. The van der Waals surface area contributed by atoms with E-state index in [0.29, 0.717) is 5.92 Å². The lowest BCUT2D eigenvalue weighted by atomic mass is 9.96. The summed E-state index contributed by atoms with van der Waals surface area (Å²) in [6, 6.07) is 12.1. The van der Waals surface area contributed by atoms with E-state index in [-0.39, 0.29) is 0 Å². The third-order valence-electron chi connectivity index (χ3n) is 5.66. The summed E-state index contributed by atoms with van der Waals surface area (Å²) in [6.07, 6.45) is 3.92. The Morgan fingerprint density at radius 3 is 2.48 bits per heavy atom. The maximum atomic E-state index is 5.43. The molecule has 0 aliphatic carbocycles. The predicted molar refractivity (Wildman–Crippen MR) is 111 cm³/mol. The number of nitrogens with zero attached hydrogens (tertiary/aromatic N) is 6. The van der Waals surface area contributed by atoms with Crippen molar-refractivity contribution in [3.05, 3.63) is 48.4 Å². The maximum absolute atomic E-state index is 5.43. The van der Waals surface area contributed by atoms with Crippen LogP contribution in [-0.4, -0.2) is 64.5 Å². The van der Waals surface area contributed by atoms with Crippen LogP contribution in [0.25, 0.3) is 11.4 Å². The molecule has 0 atom stereocenters. The molecule has 1 aromatic carbocycles. The summed E-state index contributed by atoms with van der Waals surface area (Å²) in [4.78, 5) is 18.6. The van der Waals surface area contributed by atoms with Gasteiger partial charge in [-0.25, -0.2) is 9.97 Å². The van der Waals surface area contributed by atoms with Crippen LogP contribution in [0, 0.1) is 0 Å². The predicted octanol–water partition coefficient (Wildman–Crippen LogP) is 2.48. The number of hydrogen-bond acceptors (Lipinski definition) is 7. The van der Waals surface area contributed by atoms with E-state index in [4.69, 9.17) is 14.7 Å². The van der Waals surface area contributed by atoms with Crippen molar-refractivity contribution in [3.63, 3.8) is 0 Å². The lowest BCUT2D eigenvalue weighted by Gasteiger charge is -2.33. The van der Waals surface area contributed by atoms with E-state index in [1.165, 1.54) is 0 Å². The number of hydrogen-bond donors (Lipinski definition) is 1. The van der Waals surface area contributed by atoms with Gasteiger partial charge in [-0.15, -0.1) is 0 Å². The Bertz CT molecular complexity index is 931. The number of nitrogens with one attached hydrogen (secondary N) is 1. The molecule has 8 heteroatoms. The minimum atomic E-state index is 0.400. The van der Waals surface area contributed by atoms with Gasteiger partial charge < -0.3 is 14.5 Å². The first kappa shape index (κ1) is 18.1. The molecule has 2 saturated heterocycles. The molecule has 29 heavy (non-hydrogen) atoms. The van der Waals surface area contributed by atoms with E-state index in [0.717, 1.165) is 81.2 Å². The lowest BCUT2D eigenvalue weighted by Crippen LogP contribution is -2.38. The number of rotatable bonds is 4. The molecule has 5 rings (SSSR count). The van der Waals surface area contributed by atoms with Gasteiger partial charge in [0.2, 0.25) is 5.95 Å². The molecule has 0 spiro atoms. The Labute approximate surface area is 170 Å². The Hall–Kier alpha value is -3.00. The summed E-state index contributed by atoms with van der Waals surface area (Å²) >= 11 is 0. The van der Waals surface area contributed by atoms with Crippen LogP contribution in [0.4, 0.5) is 11.8 Å². The third-order valence-corrected chi connectivity index (χ3v) is 5.66. The number of benzene rings is 1. The van der Waals surface area contributed by atoms with E-state index in [9.17, 15) is 0 Å². The minimum Gasteiger partial charge on any atom is -0.378 e. The molecule has 0 radical (unpaired) electrons. The third kappa shape index (κ3) is 3.93. The molecule has 2 aromatic heterocycles. The topological polar surface area (TPSA) is 83.1 Å². The zero-order valence-electron chi connectivity index (χ0n) is 16.4. The van der Waals surface area contributed by atoms with Gasteiger partial charge in [-0.05, 0) is 18.9 Å². The van der Waals surface area contributed by atoms with Crippen LogP contribution < -0.4 is 9.80 Å². The molecule has 2 aliphatic rings. The Morgan fingerprint density at radius 1 is 0.897 bits per heavy atom. The maximum Gasteiger partial charge on any atom is 0.227 e. The van der Waals surface area contributed by atoms with E-state index < -0.39 is 0 Å². The summed E-state index contributed by atoms with van der Waals surface area (Å²) in [7, 11) is 0. The van der Waals surface area contributed by atoms with E-state index in [1.54, 1.807) is 0 Å². The fraction of sp³-hybridized carbons (Fsp3) is 0.429. The van der Waals surface area contributed by atoms with Gasteiger partial charge in [0.1, 0.15) is 11.6 Å². The van der Waals surface area contributed by atoms with Crippen LogP contribution in [-0.2, 0) is 4.74 Å². The number of ether oxygens (including phenoxy) is 1. The van der Waals surface area contributed by atoms with Gasteiger partial charge in [0.25, 0.3) is 0 Å². The van der Waals surface area contributed by atoms with Gasteiger partial charge in [0.15, 0.2) is 5.82 Å². The SMILES string of the molecule is c1ccc(-c2n[nH]c(C3CCN(c4ccnc(N5CCOCC5)n4)CC3)n2)cc1. The average molecular weight is 391 g/mol. The highest BCUT2D eigenvalue weighted by Crippen LogP contribution is 2.29. The monoisotopic (exact) mass is 391 g/mol. The molecule has 4 heterocycles. The number of anilines is 2. The largest absolute Gasteiger partial charge is 0.378 e. The molecule has 2 aliphatic heterocycles. The van der Waals surface area contributed by atoms with Crippen molar-refractivity contribution in [1.82, 2.24) is 25.1 Å². The van der Waals surface area contributed by atoms with Crippen molar-refractivity contribution >= 4 is 11.8 Å². The molecular formula is C21H25N7O. The van der Waals surface area contributed by atoms with Crippen LogP contribution >= 0.6 is 0 Å². The Balaban J connectivity index is 1.23. The zero-order chi connectivity index (χ0) is 19.5. The molecular weight excluding hydrogens is 366 g/mol. The first-order valence-corrected chi connectivity index (χ1v) is 10.3. The summed E-state index contributed by atoms with van der Waals surface area (Å²) < 4.78 is 5.43. The van der Waals surface area contributed by atoms with Gasteiger partial charge in [0, 0.05) is 43.9 Å². The second kappa shape index (κ2) is 8.16. The fourth-order valence-corrected chi connectivity index (χ4v) is 3.99. The van der Waals surface area contributed by atoms with Gasteiger partial charge in [0.05, 0.1) is 13.2 Å². The van der Waals surface area contributed by atoms with Gasteiger partial charge in [-0.3, -0.25) is 5.10 Å². The van der Waals surface area contributed by atoms with Crippen LogP contribution in [0.2, 0.25) is 0 Å². The average Bonchev–Trinajstić information content (AvgIpc) is 3.31. The molecule has 1 N–H and O–H groups in total. The van der Waals surface area contributed by atoms with Crippen LogP contribution in [0.5, 0.6) is 0 Å². The van der Waals surface area contributed by atoms with Crippen molar-refractivity contribution in [2.75, 3.05) is 49.2 Å². The number of H-pyrrole nitrogens is 1. The molecule has 0 bridgehead atoms. The summed E-state index contributed by atoms with van der Waals surface area (Å²) in [5.41, 5.74) is 1.05. The highest BCUT2D eigenvalue weighted by Gasteiger charge is 2.25. The van der Waals surface area contributed by atoms with Crippen molar-refractivity contribution in [1.29, 1.82) is 0 Å². The first-order chi connectivity index (χ1) is 14.4. The number of aromatic nitrogens is 5. The number of aromatic amines is 1. The Morgan fingerprint density at radius 2 is 1.69 bits per heavy atom. The summed E-state index contributed by atoms with van der Waals surface area (Å²) in [5, 5.41) is 7.57. The number of morpholine rings is 1. The van der Waals surface area contributed by atoms with Crippen molar-refractivity contribution in [3.8, 4) is 11.4 Å². The second-order valence-corrected chi connectivity index (χ2v) is 7.49. The van der Waals surface area contributed by atoms with Gasteiger partial charge in [-0.2, -0.15) is 10.1 Å². The molecule has 0 unspecified atom stereocenters. The first-order valence-electron chi connectivity index (χ1n) is 10.3. The van der Waals surface area contributed by atoms with E-state index >= 15 is 0 Å².